The molecule has 0 aliphatic heterocycles. The first-order chi connectivity index (χ1) is 8.60. The van der Waals surface area contributed by atoms with Gasteiger partial charge in [-0.05, 0) is 19.1 Å². The van der Waals surface area contributed by atoms with Gasteiger partial charge in [-0.25, -0.2) is 9.18 Å². The maximum absolute atomic E-state index is 13.8. The maximum atomic E-state index is 13.8. The third-order valence-corrected chi connectivity index (χ3v) is 2.50. The van der Waals surface area contributed by atoms with Crippen molar-refractivity contribution in [3.05, 3.63) is 47.3 Å². The normalized spacial score (nSPS) is 11.9. The number of hydrogen-bond donors (Lipinski definition) is 1. The number of rotatable bonds is 6. The van der Waals surface area contributed by atoms with Crippen molar-refractivity contribution in [2.24, 2.45) is 0 Å². The average molecular weight is 272 g/mol. The molecule has 0 saturated heterocycles. The van der Waals surface area contributed by atoms with Crippen LogP contribution in [0.5, 0.6) is 0 Å². The molecule has 1 rings (SSSR count). The molecule has 0 bridgehead atoms. The highest BCUT2D eigenvalue weighted by Crippen LogP contribution is 2.22. The van der Waals surface area contributed by atoms with Gasteiger partial charge in [-0.2, -0.15) is 0 Å². The SMILES string of the molecule is C=CCNC(C(=O)OCC)c1ccc(Cl)cc1F. The topological polar surface area (TPSA) is 38.3 Å². The van der Waals surface area contributed by atoms with Gasteiger partial charge in [0.2, 0.25) is 0 Å². The quantitative estimate of drug-likeness (QED) is 0.639. The predicted octanol–water partition coefficient (Wildman–Crippen LogP) is 2.86. The van der Waals surface area contributed by atoms with Gasteiger partial charge in [0.05, 0.1) is 6.61 Å². The number of nitrogens with one attached hydrogen (secondary N) is 1. The van der Waals surface area contributed by atoms with Crippen molar-refractivity contribution in [2.45, 2.75) is 13.0 Å². The van der Waals surface area contributed by atoms with E-state index in [0.29, 0.717) is 6.54 Å². The minimum Gasteiger partial charge on any atom is -0.465 e. The Labute approximate surface area is 111 Å². The van der Waals surface area contributed by atoms with Gasteiger partial charge in [0.15, 0.2) is 0 Å². The predicted molar refractivity (Wildman–Crippen MR) is 69.0 cm³/mol. The Morgan fingerprint density at radius 2 is 2.39 bits per heavy atom. The Kier molecular flexibility index (Phi) is 5.82. The summed E-state index contributed by atoms with van der Waals surface area (Å²) in [6.45, 7) is 5.84. The standard InChI is InChI=1S/C13H15ClFNO2/c1-3-7-16-12(13(17)18-4-2)10-6-5-9(14)8-11(10)15/h3,5-6,8,12,16H,1,4,7H2,2H3. The summed E-state index contributed by atoms with van der Waals surface area (Å²) in [4.78, 5) is 11.8. The van der Waals surface area contributed by atoms with Crippen molar-refractivity contribution in [1.82, 2.24) is 5.32 Å². The molecule has 1 aromatic rings. The first-order valence-corrected chi connectivity index (χ1v) is 5.93. The Hall–Kier alpha value is -1.39. The number of ether oxygens (including phenoxy) is 1. The highest BCUT2D eigenvalue weighted by atomic mass is 35.5. The third kappa shape index (κ3) is 3.82. The molecule has 0 radical (unpaired) electrons. The first kappa shape index (κ1) is 14.7. The number of halogens is 2. The fraction of sp³-hybridized carbons (Fsp3) is 0.308. The van der Waals surface area contributed by atoms with Gasteiger partial charge in [-0.15, -0.1) is 6.58 Å². The summed E-state index contributed by atoms with van der Waals surface area (Å²) < 4.78 is 18.7. The fourth-order valence-electron chi connectivity index (χ4n) is 1.48. The lowest BCUT2D eigenvalue weighted by Crippen LogP contribution is -2.31. The van der Waals surface area contributed by atoms with E-state index < -0.39 is 17.8 Å². The molecule has 0 spiro atoms. The second-order valence-electron chi connectivity index (χ2n) is 3.55. The van der Waals surface area contributed by atoms with E-state index in [0.717, 1.165) is 0 Å². The monoisotopic (exact) mass is 271 g/mol. The highest BCUT2D eigenvalue weighted by Gasteiger charge is 2.24. The summed E-state index contributed by atoms with van der Waals surface area (Å²) >= 11 is 5.67. The van der Waals surface area contributed by atoms with Crippen molar-refractivity contribution >= 4 is 17.6 Å². The van der Waals surface area contributed by atoms with Crippen molar-refractivity contribution in [3.8, 4) is 0 Å². The van der Waals surface area contributed by atoms with Gasteiger partial charge >= 0.3 is 5.97 Å². The van der Waals surface area contributed by atoms with Gasteiger partial charge in [-0.1, -0.05) is 23.7 Å². The molecule has 18 heavy (non-hydrogen) atoms. The minimum absolute atomic E-state index is 0.208. The van der Waals surface area contributed by atoms with Crippen molar-refractivity contribution < 1.29 is 13.9 Å². The summed E-state index contributed by atoms with van der Waals surface area (Å²) in [6, 6.07) is 3.30. The van der Waals surface area contributed by atoms with E-state index in [2.05, 4.69) is 11.9 Å². The summed E-state index contributed by atoms with van der Waals surface area (Å²) in [7, 11) is 0. The molecule has 1 N–H and O–H groups in total. The molecule has 0 saturated carbocycles. The lowest BCUT2D eigenvalue weighted by Gasteiger charge is -2.17. The molecule has 3 nitrogen and oxygen atoms in total. The van der Waals surface area contributed by atoms with Crippen LogP contribution in [0, 0.1) is 5.82 Å². The van der Waals surface area contributed by atoms with Gasteiger partial charge < -0.3 is 4.74 Å². The molecule has 0 amide bonds. The number of esters is 1. The van der Waals surface area contributed by atoms with E-state index in [1.807, 2.05) is 0 Å². The Morgan fingerprint density at radius 1 is 1.67 bits per heavy atom. The van der Waals surface area contributed by atoms with Crippen LogP contribution >= 0.6 is 11.6 Å². The zero-order valence-electron chi connectivity index (χ0n) is 10.1. The van der Waals surface area contributed by atoms with Gasteiger partial charge in [0.1, 0.15) is 11.9 Å². The Morgan fingerprint density at radius 3 is 2.94 bits per heavy atom. The number of hydrogen-bond acceptors (Lipinski definition) is 3. The number of benzene rings is 1. The highest BCUT2D eigenvalue weighted by molar-refractivity contribution is 6.30. The van der Waals surface area contributed by atoms with E-state index in [1.54, 1.807) is 13.0 Å². The van der Waals surface area contributed by atoms with Crippen molar-refractivity contribution in [3.63, 3.8) is 0 Å². The molecule has 0 aromatic heterocycles. The summed E-state index contributed by atoms with van der Waals surface area (Å²) in [6.07, 6.45) is 1.58. The van der Waals surface area contributed by atoms with E-state index in [9.17, 15) is 9.18 Å². The van der Waals surface area contributed by atoms with Crippen molar-refractivity contribution in [1.29, 1.82) is 0 Å². The number of carbonyl (C=O) groups is 1. The molecular weight excluding hydrogens is 257 g/mol. The minimum atomic E-state index is -0.861. The van der Waals surface area contributed by atoms with Crippen LogP contribution in [0.1, 0.15) is 18.5 Å². The van der Waals surface area contributed by atoms with Crippen LogP contribution in [0.2, 0.25) is 5.02 Å². The van der Waals surface area contributed by atoms with Crippen LogP contribution in [-0.4, -0.2) is 19.1 Å². The van der Waals surface area contributed by atoms with Crippen LogP contribution in [0.3, 0.4) is 0 Å². The second kappa shape index (κ2) is 7.13. The van der Waals surface area contributed by atoms with Crippen LogP contribution in [0.25, 0.3) is 0 Å². The zero-order chi connectivity index (χ0) is 13.5. The van der Waals surface area contributed by atoms with Crippen LogP contribution in [-0.2, 0) is 9.53 Å². The van der Waals surface area contributed by atoms with E-state index in [4.69, 9.17) is 16.3 Å². The van der Waals surface area contributed by atoms with Gasteiger partial charge in [0, 0.05) is 17.1 Å². The van der Waals surface area contributed by atoms with Gasteiger partial charge in [-0.3, -0.25) is 5.32 Å². The molecule has 0 aliphatic rings. The first-order valence-electron chi connectivity index (χ1n) is 5.56. The molecule has 1 unspecified atom stereocenters. The van der Waals surface area contributed by atoms with Crippen LogP contribution in [0.15, 0.2) is 30.9 Å². The molecule has 98 valence electrons. The molecule has 1 atom stereocenters. The van der Waals surface area contributed by atoms with E-state index in [1.165, 1.54) is 18.2 Å². The third-order valence-electron chi connectivity index (χ3n) is 2.26. The molecular formula is C13H15ClFNO2. The van der Waals surface area contributed by atoms with E-state index >= 15 is 0 Å². The molecule has 5 heteroatoms. The fourth-order valence-corrected chi connectivity index (χ4v) is 1.64. The largest absolute Gasteiger partial charge is 0.465 e. The molecule has 0 fully saturated rings. The molecule has 0 aliphatic carbocycles. The Bertz CT molecular complexity index is 437. The summed E-state index contributed by atoms with van der Waals surface area (Å²) in [5.41, 5.74) is 0.208. The van der Waals surface area contributed by atoms with Crippen molar-refractivity contribution in [2.75, 3.05) is 13.2 Å². The maximum Gasteiger partial charge on any atom is 0.327 e. The Balaban J connectivity index is 3.00. The number of carbonyl (C=O) groups excluding carboxylic acids is 1. The van der Waals surface area contributed by atoms with Gasteiger partial charge in [0.25, 0.3) is 0 Å². The smallest absolute Gasteiger partial charge is 0.327 e. The lowest BCUT2D eigenvalue weighted by atomic mass is 10.1. The summed E-state index contributed by atoms with van der Waals surface area (Å²) in [5, 5.41) is 3.14. The van der Waals surface area contributed by atoms with Crippen LogP contribution in [0.4, 0.5) is 4.39 Å². The zero-order valence-corrected chi connectivity index (χ0v) is 10.8. The average Bonchev–Trinajstić information content (AvgIpc) is 2.32. The molecule has 0 heterocycles. The summed E-state index contributed by atoms with van der Waals surface area (Å²) in [5.74, 6) is -1.07. The lowest BCUT2D eigenvalue weighted by molar-refractivity contribution is -0.145. The van der Waals surface area contributed by atoms with Crippen LogP contribution < -0.4 is 5.32 Å². The molecule has 1 aromatic carbocycles. The second-order valence-corrected chi connectivity index (χ2v) is 3.98. The van der Waals surface area contributed by atoms with E-state index in [-0.39, 0.29) is 17.2 Å².